The van der Waals surface area contributed by atoms with E-state index in [1.165, 1.54) is 17.1 Å². The number of carbonyl (C=O) groups is 1. The normalized spacial score (nSPS) is 10.7. The van der Waals surface area contributed by atoms with Gasteiger partial charge >= 0.3 is 5.97 Å². The number of rotatable bonds is 3. The van der Waals surface area contributed by atoms with Crippen LogP contribution in [0.5, 0.6) is 0 Å². The minimum atomic E-state index is -0.911. The van der Waals surface area contributed by atoms with Crippen molar-refractivity contribution in [1.29, 1.82) is 0 Å². The predicted octanol–water partition coefficient (Wildman–Crippen LogP) is 5.45. The lowest BCUT2D eigenvalue weighted by Crippen LogP contribution is -1.98. The smallest absolute Gasteiger partial charge is 0.336 e. The molecule has 2 nitrogen and oxygen atoms in total. The van der Waals surface area contributed by atoms with Crippen molar-refractivity contribution >= 4 is 44.4 Å². The molecule has 0 unspecified atom stereocenters. The van der Waals surface area contributed by atoms with Gasteiger partial charge in [-0.05, 0) is 41.1 Å². The van der Waals surface area contributed by atoms with Crippen molar-refractivity contribution in [3.05, 3.63) is 70.7 Å². The van der Waals surface area contributed by atoms with Gasteiger partial charge in [0, 0.05) is 14.3 Å². The van der Waals surface area contributed by atoms with Crippen LogP contribution in [0.25, 0.3) is 10.8 Å². The van der Waals surface area contributed by atoms with Gasteiger partial charge in [-0.3, -0.25) is 0 Å². The lowest BCUT2D eigenvalue weighted by molar-refractivity contribution is 0.0693. The number of hydrogen-bond donors (Lipinski definition) is 1. The molecule has 0 spiro atoms. The van der Waals surface area contributed by atoms with Crippen LogP contribution in [0.3, 0.4) is 0 Å². The zero-order valence-electron chi connectivity index (χ0n) is 10.9. The van der Waals surface area contributed by atoms with Crippen LogP contribution in [0.2, 0.25) is 0 Å². The Hall–Kier alpha value is -1.78. The molecule has 0 atom stereocenters. The molecule has 0 radical (unpaired) electrons. The summed E-state index contributed by atoms with van der Waals surface area (Å²) in [6.07, 6.45) is 0. The molecule has 0 aliphatic carbocycles. The maximum Gasteiger partial charge on any atom is 0.336 e. The average Bonchev–Trinajstić information content (AvgIpc) is 2.47. The van der Waals surface area contributed by atoms with Gasteiger partial charge in [0.25, 0.3) is 0 Å². The second-order valence-corrected chi connectivity index (χ2v) is 6.59. The van der Waals surface area contributed by atoms with Gasteiger partial charge in [0.2, 0.25) is 0 Å². The molecule has 0 bridgehead atoms. The van der Waals surface area contributed by atoms with E-state index in [2.05, 4.69) is 40.2 Å². The molecule has 104 valence electrons. The van der Waals surface area contributed by atoms with E-state index < -0.39 is 5.97 Å². The summed E-state index contributed by atoms with van der Waals surface area (Å²) < 4.78 is 0.871. The lowest BCUT2D eigenvalue weighted by Gasteiger charge is -2.07. The quantitative estimate of drug-likeness (QED) is 0.676. The van der Waals surface area contributed by atoms with Crippen LogP contribution in [0.4, 0.5) is 0 Å². The molecule has 0 fully saturated rings. The summed E-state index contributed by atoms with van der Waals surface area (Å²) in [5.41, 5.74) is 0.316. The topological polar surface area (TPSA) is 37.3 Å². The van der Waals surface area contributed by atoms with Gasteiger partial charge in [-0.25, -0.2) is 4.79 Å². The summed E-state index contributed by atoms with van der Waals surface area (Å²) in [4.78, 5) is 13.1. The third-order valence-electron chi connectivity index (χ3n) is 3.12. The van der Waals surface area contributed by atoms with Crippen LogP contribution < -0.4 is 0 Å². The van der Waals surface area contributed by atoms with Crippen LogP contribution in [-0.2, 0) is 0 Å². The van der Waals surface area contributed by atoms with Gasteiger partial charge < -0.3 is 5.11 Å². The Morgan fingerprint density at radius 1 is 0.952 bits per heavy atom. The van der Waals surface area contributed by atoms with Crippen molar-refractivity contribution in [1.82, 2.24) is 0 Å². The molecule has 3 aromatic rings. The SMILES string of the molecule is O=C(O)c1ccc(Br)cc1Sc1ccc2ccccc2c1. The second-order valence-electron chi connectivity index (χ2n) is 4.56. The van der Waals surface area contributed by atoms with E-state index in [9.17, 15) is 9.90 Å². The highest BCUT2D eigenvalue weighted by Crippen LogP contribution is 2.34. The molecular formula is C17H11BrO2S. The van der Waals surface area contributed by atoms with E-state index >= 15 is 0 Å². The van der Waals surface area contributed by atoms with Gasteiger partial charge in [-0.15, -0.1) is 0 Å². The van der Waals surface area contributed by atoms with E-state index in [0.29, 0.717) is 5.56 Å². The molecule has 0 amide bonds. The molecule has 4 heteroatoms. The molecule has 3 rings (SSSR count). The maximum absolute atomic E-state index is 11.3. The zero-order chi connectivity index (χ0) is 14.8. The Balaban J connectivity index is 2.02. The Kier molecular flexibility index (Phi) is 3.99. The van der Waals surface area contributed by atoms with Gasteiger partial charge in [-0.1, -0.05) is 58.0 Å². The lowest BCUT2D eigenvalue weighted by atomic mass is 10.1. The molecule has 3 aromatic carbocycles. The van der Waals surface area contributed by atoms with Crippen molar-refractivity contribution in [3.8, 4) is 0 Å². The minimum absolute atomic E-state index is 0.316. The Morgan fingerprint density at radius 2 is 1.71 bits per heavy atom. The van der Waals surface area contributed by atoms with Gasteiger partial charge in [0.15, 0.2) is 0 Å². The number of fused-ring (bicyclic) bond motifs is 1. The second kappa shape index (κ2) is 5.92. The monoisotopic (exact) mass is 358 g/mol. The van der Waals surface area contributed by atoms with E-state index in [0.717, 1.165) is 19.6 Å². The van der Waals surface area contributed by atoms with Gasteiger partial charge in [-0.2, -0.15) is 0 Å². The van der Waals surface area contributed by atoms with Crippen molar-refractivity contribution < 1.29 is 9.90 Å². The first-order valence-electron chi connectivity index (χ1n) is 6.33. The number of hydrogen-bond acceptors (Lipinski definition) is 2. The maximum atomic E-state index is 11.3. The summed E-state index contributed by atoms with van der Waals surface area (Å²) in [7, 11) is 0. The van der Waals surface area contributed by atoms with E-state index in [-0.39, 0.29) is 0 Å². The zero-order valence-corrected chi connectivity index (χ0v) is 13.3. The van der Waals surface area contributed by atoms with Crippen LogP contribution >= 0.6 is 27.7 Å². The molecule has 0 saturated heterocycles. The molecule has 0 heterocycles. The van der Waals surface area contributed by atoms with E-state index in [4.69, 9.17) is 0 Å². The number of halogens is 1. The molecule has 0 saturated carbocycles. The van der Waals surface area contributed by atoms with Crippen LogP contribution in [0.15, 0.2) is 74.9 Å². The highest BCUT2D eigenvalue weighted by molar-refractivity contribution is 9.10. The van der Waals surface area contributed by atoms with E-state index in [1.54, 1.807) is 12.1 Å². The van der Waals surface area contributed by atoms with Crippen molar-refractivity contribution in [2.45, 2.75) is 9.79 Å². The Morgan fingerprint density at radius 3 is 2.48 bits per heavy atom. The molecule has 1 N–H and O–H groups in total. The first-order chi connectivity index (χ1) is 10.1. The number of carboxylic acids is 1. The number of benzene rings is 3. The number of aromatic carboxylic acids is 1. The highest BCUT2D eigenvalue weighted by Gasteiger charge is 2.11. The molecular weight excluding hydrogens is 348 g/mol. The predicted molar refractivity (Wildman–Crippen MR) is 89.2 cm³/mol. The third kappa shape index (κ3) is 3.12. The molecule has 0 aliphatic heterocycles. The summed E-state index contributed by atoms with van der Waals surface area (Å²) in [6, 6.07) is 19.5. The largest absolute Gasteiger partial charge is 0.478 e. The van der Waals surface area contributed by atoms with E-state index in [1.807, 2.05) is 24.3 Å². The van der Waals surface area contributed by atoms with Crippen LogP contribution in [0.1, 0.15) is 10.4 Å². The van der Waals surface area contributed by atoms with Crippen molar-refractivity contribution in [2.24, 2.45) is 0 Å². The first-order valence-corrected chi connectivity index (χ1v) is 7.94. The molecule has 21 heavy (non-hydrogen) atoms. The number of carboxylic acid groups (broad SMARTS) is 1. The van der Waals surface area contributed by atoms with Gasteiger partial charge in [0.05, 0.1) is 5.56 Å². The summed E-state index contributed by atoms with van der Waals surface area (Å²) >= 11 is 4.85. The minimum Gasteiger partial charge on any atom is -0.478 e. The fourth-order valence-corrected chi connectivity index (χ4v) is 3.65. The van der Waals surface area contributed by atoms with Crippen LogP contribution in [0, 0.1) is 0 Å². The first kappa shape index (κ1) is 14.2. The van der Waals surface area contributed by atoms with Gasteiger partial charge in [0.1, 0.15) is 0 Å². The summed E-state index contributed by atoms with van der Waals surface area (Å²) in [6.45, 7) is 0. The summed E-state index contributed by atoms with van der Waals surface area (Å²) in [5, 5.41) is 11.6. The Bertz CT molecular complexity index is 830. The molecule has 0 aliphatic rings. The Labute approximate surface area is 134 Å². The van der Waals surface area contributed by atoms with Crippen molar-refractivity contribution in [2.75, 3.05) is 0 Å². The highest BCUT2D eigenvalue weighted by atomic mass is 79.9. The fourth-order valence-electron chi connectivity index (χ4n) is 2.12. The van der Waals surface area contributed by atoms with Crippen molar-refractivity contribution in [3.63, 3.8) is 0 Å². The average molecular weight is 359 g/mol. The molecule has 0 aromatic heterocycles. The third-order valence-corrected chi connectivity index (χ3v) is 4.66. The van der Waals surface area contributed by atoms with Crippen LogP contribution in [-0.4, -0.2) is 11.1 Å². The fraction of sp³-hybridized carbons (Fsp3) is 0. The standard InChI is InChI=1S/C17H11BrO2S/c18-13-6-8-15(17(19)20)16(10-13)21-14-7-5-11-3-1-2-4-12(11)9-14/h1-10H,(H,19,20). The summed E-state index contributed by atoms with van der Waals surface area (Å²) in [5.74, 6) is -0.911.